The molecule has 106 valence electrons. The Morgan fingerprint density at radius 2 is 1.63 bits per heavy atom. The molecule has 0 aromatic heterocycles. The molecule has 2 N–H and O–H groups in total. The average Bonchev–Trinajstić information content (AvgIpc) is 2.47. The van der Waals surface area contributed by atoms with Crippen molar-refractivity contribution >= 4 is 10.0 Å². The number of nitrogens with zero attached hydrogens (tertiary/aromatic N) is 1. The first kappa shape index (κ1) is 14.4. The Balaban J connectivity index is 2.24. The number of hydrogen-bond donors (Lipinski definition) is 2. The maximum absolute atomic E-state index is 12.4. The molecule has 7 heteroatoms. The summed E-state index contributed by atoms with van der Waals surface area (Å²) < 4.78 is 31.4. The van der Waals surface area contributed by atoms with Crippen molar-refractivity contribution in [2.24, 2.45) is 0 Å². The number of hydrogen-bond acceptors (Lipinski definition) is 5. The summed E-state index contributed by atoms with van der Waals surface area (Å²) in [6.45, 7) is -0.386. The van der Waals surface area contributed by atoms with Gasteiger partial charge in [0, 0.05) is 13.1 Å². The summed E-state index contributed by atoms with van der Waals surface area (Å²) in [4.78, 5) is 0.199. The molecule has 0 amide bonds. The third-order valence-electron chi connectivity index (χ3n) is 2.99. The SMILES string of the molecule is O=S(=O)(c1ccccc1)N1C[C@@H](CO)O[C@@H](CO)C1. The Kier molecular flexibility index (Phi) is 4.54. The first-order valence-corrected chi connectivity index (χ1v) is 7.44. The number of benzene rings is 1. The highest BCUT2D eigenvalue weighted by Crippen LogP contribution is 2.20. The van der Waals surface area contributed by atoms with Gasteiger partial charge in [-0.1, -0.05) is 18.2 Å². The minimum atomic E-state index is -3.62. The van der Waals surface area contributed by atoms with Gasteiger partial charge in [-0.15, -0.1) is 0 Å². The summed E-state index contributed by atoms with van der Waals surface area (Å²) >= 11 is 0. The molecule has 19 heavy (non-hydrogen) atoms. The van der Waals surface area contributed by atoms with Crippen LogP contribution in [-0.4, -0.2) is 61.4 Å². The number of morpholine rings is 1. The standard InChI is InChI=1S/C12H17NO5S/c14-8-10-6-13(7-11(9-15)18-10)19(16,17)12-4-2-1-3-5-12/h1-5,10-11,14-15H,6-9H2/t10-,11+. The topological polar surface area (TPSA) is 87.1 Å². The molecule has 1 aromatic rings. The summed E-state index contributed by atoms with van der Waals surface area (Å²) in [5, 5.41) is 18.3. The summed E-state index contributed by atoms with van der Waals surface area (Å²) in [5.74, 6) is 0. The molecule has 2 atom stereocenters. The number of aliphatic hydroxyl groups is 2. The lowest BCUT2D eigenvalue weighted by atomic mass is 10.2. The zero-order valence-corrected chi connectivity index (χ0v) is 11.2. The van der Waals surface area contributed by atoms with E-state index in [1.165, 1.54) is 16.4 Å². The van der Waals surface area contributed by atoms with Gasteiger partial charge in [-0.3, -0.25) is 0 Å². The van der Waals surface area contributed by atoms with E-state index in [-0.39, 0.29) is 31.2 Å². The van der Waals surface area contributed by atoms with Crippen molar-refractivity contribution in [1.82, 2.24) is 4.31 Å². The van der Waals surface area contributed by atoms with Crippen LogP contribution in [0.5, 0.6) is 0 Å². The zero-order valence-electron chi connectivity index (χ0n) is 10.3. The van der Waals surface area contributed by atoms with E-state index in [9.17, 15) is 8.42 Å². The fraction of sp³-hybridized carbons (Fsp3) is 0.500. The maximum atomic E-state index is 12.4. The second kappa shape index (κ2) is 5.98. The molecule has 1 aromatic carbocycles. The molecule has 0 unspecified atom stereocenters. The van der Waals surface area contributed by atoms with Crippen LogP contribution < -0.4 is 0 Å². The minimum absolute atomic E-state index is 0.0875. The van der Waals surface area contributed by atoms with Crippen molar-refractivity contribution in [3.05, 3.63) is 30.3 Å². The minimum Gasteiger partial charge on any atom is -0.394 e. The van der Waals surface area contributed by atoms with Crippen LogP contribution in [0.4, 0.5) is 0 Å². The summed E-state index contributed by atoms with van der Waals surface area (Å²) in [5.41, 5.74) is 0. The normalized spacial score (nSPS) is 25.4. The van der Waals surface area contributed by atoms with E-state index >= 15 is 0 Å². The molecular formula is C12H17NO5S. The predicted molar refractivity (Wildman–Crippen MR) is 68.0 cm³/mol. The summed E-state index contributed by atoms with van der Waals surface area (Å²) in [7, 11) is -3.62. The summed E-state index contributed by atoms with van der Waals surface area (Å²) in [6.07, 6.45) is -1.21. The van der Waals surface area contributed by atoms with Crippen molar-refractivity contribution in [3.63, 3.8) is 0 Å². The van der Waals surface area contributed by atoms with Gasteiger partial charge < -0.3 is 14.9 Å². The first-order valence-electron chi connectivity index (χ1n) is 6.00. The first-order chi connectivity index (χ1) is 9.07. The lowest BCUT2D eigenvalue weighted by Gasteiger charge is -2.35. The van der Waals surface area contributed by atoms with Gasteiger partial charge in [-0.05, 0) is 12.1 Å². The highest BCUT2D eigenvalue weighted by molar-refractivity contribution is 7.89. The second-order valence-corrected chi connectivity index (χ2v) is 6.32. The van der Waals surface area contributed by atoms with Crippen molar-refractivity contribution in [2.45, 2.75) is 17.1 Å². The average molecular weight is 287 g/mol. The van der Waals surface area contributed by atoms with Crippen LogP contribution in [0, 0.1) is 0 Å². The molecule has 6 nitrogen and oxygen atoms in total. The Bertz CT molecular complexity index is 492. The number of ether oxygens (including phenoxy) is 1. The summed E-state index contributed by atoms with van der Waals surface area (Å²) in [6, 6.07) is 8.09. The molecule has 2 rings (SSSR count). The lowest BCUT2D eigenvalue weighted by molar-refractivity contribution is -0.0996. The Morgan fingerprint density at radius 3 is 2.11 bits per heavy atom. The van der Waals surface area contributed by atoms with E-state index in [1.807, 2.05) is 0 Å². The van der Waals surface area contributed by atoms with Crippen LogP contribution in [0.15, 0.2) is 35.2 Å². The molecule has 1 fully saturated rings. The van der Waals surface area contributed by atoms with E-state index < -0.39 is 22.2 Å². The largest absolute Gasteiger partial charge is 0.394 e. The molecule has 0 saturated carbocycles. The fourth-order valence-electron chi connectivity index (χ4n) is 2.03. The molecule has 1 heterocycles. The smallest absolute Gasteiger partial charge is 0.243 e. The van der Waals surface area contributed by atoms with Crippen LogP contribution in [0.2, 0.25) is 0 Å². The van der Waals surface area contributed by atoms with E-state index in [0.29, 0.717) is 0 Å². The third kappa shape index (κ3) is 3.13. The second-order valence-electron chi connectivity index (χ2n) is 4.38. The van der Waals surface area contributed by atoms with Crippen molar-refractivity contribution < 1.29 is 23.4 Å². The van der Waals surface area contributed by atoms with E-state index in [0.717, 1.165) is 0 Å². The molecule has 1 saturated heterocycles. The van der Waals surface area contributed by atoms with Gasteiger partial charge in [-0.25, -0.2) is 8.42 Å². The Labute approximate surface area is 112 Å². The molecular weight excluding hydrogens is 270 g/mol. The van der Waals surface area contributed by atoms with Crippen LogP contribution in [0.3, 0.4) is 0 Å². The number of aliphatic hydroxyl groups excluding tert-OH is 2. The maximum Gasteiger partial charge on any atom is 0.243 e. The van der Waals surface area contributed by atoms with Gasteiger partial charge in [-0.2, -0.15) is 4.31 Å². The highest BCUT2D eigenvalue weighted by atomic mass is 32.2. The van der Waals surface area contributed by atoms with Gasteiger partial charge in [0.15, 0.2) is 0 Å². The van der Waals surface area contributed by atoms with Crippen LogP contribution in [0.1, 0.15) is 0 Å². The fourth-order valence-corrected chi connectivity index (χ4v) is 3.55. The molecule has 1 aliphatic rings. The van der Waals surface area contributed by atoms with Crippen LogP contribution >= 0.6 is 0 Å². The lowest BCUT2D eigenvalue weighted by Crippen LogP contribution is -2.52. The van der Waals surface area contributed by atoms with Crippen molar-refractivity contribution in [1.29, 1.82) is 0 Å². The van der Waals surface area contributed by atoms with Crippen molar-refractivity contribution in [2.75, 3.05) is 26.3 Å². The van der Waals surface area contributed by atoms with Crippen LogP contribution in [-0.2, 0) is 14.8 Å². The van der Waals surface area contributed by atoms with Crippen molar-refractivity contribution in [3.8, 4) is 0 Å². The van der Waals surface area contributed by atoms with E-state index in [4.69, 9.17) is 14.9 Å². The molecule has 0 spiro atoms. The Hall–Kier alpha value is -0.990. The molecule has 0 aliphatic carbocycles. The van der Waals surface area contributed by atoms with Gasteiger partial charge in [0.1, 0.15) is 0 Å². The molecule has 1 aliphatic heterocycles. The van der Waals surface area contributed by atoms with Gasteiger partial charge in [0.2, 0.25) is 10.0 Å². The Morgan fingerprint density at radius 1 is 1.11 bits per heavy atom. The third-order valence-corrected chi connectivity index (χ3v) is 4.83. The van der Waals surface area contributed by atoms with Crippen LogP contribution in [0.25, 0.3) is 0 Å². The molecule has 0 bridgehead atoms. The van der Waals surface area contributed by atoms with Gasteiger partial charge >= 0.3 is 0 Å². The number of rotatable bonds is 4. The van der Waals surface area contributed by atoms with Gasteiger partial charge in [0.25, 0.3) is 0 Å². The predicted octanol–water partition coefficient (Wildman–Crippen LogP) is -0.571. The van der Waals surface area contributed by atoms with E-state index in [2.05, 4.69) is 0 Å². The van der Waals surface area contributed by atoms with E-state index in [1.54, 1.807) is 18.2 Å². The zero-order chi connectivity index (χ0) is 13.9. The number of sulfonamides is 1. The van der Waals surface area contributed by atoms with Gasteiger partial charge in [0.05, 0.1) is 30.3 Å². The molecule has 0 radical (unpaired) electrons. The quantitative estimate of drug-likeness (QED) is 0.774. The monoisotopic (exact) mass is 287 g/mol. The highest BCUT2D eigenvalue weighted by Gasteiger charge is 2.34.